The molecule has 0 aliphatic heterocycles. The Bertz CT molecular complexity index is 951. The van der Waals surface area contributed by atoms with E-state index in [0.29, 0.717) is 23.8 Å². The summed E-state index contributed by atoms with van der Waals surface area (Å²) in [7, 11) is 1.79. The van der Waals surface area contributed by atoms with E-state index >= 15 is 0 Å². The number of aromatic nitrogens is 6. The van der Waals surface area contributed by atoms with Crippen molar-refractivity contribution >= 4 is 5.91 Å². The molecule has 0 aliphatic carbocycles. The third kappa shape index (κ3) is 2.96. The van der Waals surface area contributed by atoms with Crippen LogP contribution in [0.1, 0.15) is 18.4 Å². The van der Waals surface area contributed by atoms with Crippen molar-refractivity contribution < 1.29 is 4.79 Å². The molecule has 1 amide bonds. The number of carbonyl (C=O) groups excluding carboxylic acids is 1. The fourth-order valence-corrected chi connectivity index (χ4v) is 2.46. The number of amides is 1. The Morgan fingerprint density at radius 1 is 1.38 bits per heavy atom. The van der Waals surface area contributed by atoms with E-state index in [1.165, 1.54) is 6.07 Å². The van der Waals surface area contributed by atoms with E-state index in [9.17, 15) is 9.59 Å². The van der Waals surface area contributed by atoms with Gasteiger partial charge < -0.3 is 10.7 Å². The molecule has 24 heavy (non-hydrogen) atoms. The van der Waals surface area contributed by atoms with E-state index in [0.717, 1.165) is 11.3 Å². The standard InChI is InChI=1S/C15H17N7O2/c1-3-11-10(4-5-14(24)18-11)15-19-13(6-12(16)23)20-22(15)9-7-17-21(2)8-9/h4-5,7-8H,3,6H2,1-2H3,(H2,16,23)(H,18,24). The number of pyridine rings is 1. The smallest absolute Gasteiger partial charge is 0.248 e. The molecule has 0 aromatic carbocycles. The van der Waals surface area contributed by atoms with Gasteiger partial charge in [0.05, 0.1) is 18.8 Å². The van der Waals surface area contributed by atoms with E-state index in [1.807, 2.05) is 6.92 Å². The van der Waals surface area contributed by atoms with Crippen LogP contribution in [0.15, 0.2) is 29.3 Å². The number of H-pyrrole nitrogens is 1. The van der Waals surface area contributed by atoms with Crippen molar-refractivity contribution in [2.45, 2.75) is 19.8 Å². The largest absolute Gasteiger partial charge is 0.369 e. The Morgan fingerprint density at radius 3 is 2.79 bits per heavy atom. The molecule has 0 saturated carbocycles. The molecule has 0 atom stereocenters. The molecule has 0 radical (unpaired) electrons. The number of nitrogens with zero attached hydrogens (tertiary/aromatic N) is 5. The van der Waals surface area contributed by atoms with Crippen LogP contribution in [0.2, 0.25) is 0 Å². The second-order valence-corrected chi connectivity index (χ2v) is 5.35. The number of aryl methyl sites for hydroxylation is 2. The maximum absolute atomic E-state index is 11.6. The van der Waals surface area contributed by atoms with Gasteiger partial charge in [-0.15, -0.1) is 0 Å². The molecule has 124 valence electrons. The molecular formula is C15H17N7O2. The van der Waals surface area contributed by atoms with Gasteiger partial charge in [-0.25, -0.2) is 9.67 Å². The lowest BCUT2D eigenvalue weighted by molar-refractivity contribution is -0.117. The summed E-state index contributed by atoms with van der Waals surface area (Å²) in [6.45, 7) is 1.93. The van der Waals surface area contributed by atoms with E-state index in [2.05, 4.69) is 20.2 Å². The summed E-state index contributed by atoms with van der Waals surface area (Å²) in [5.74, 6) is 0.323. The van der Waals surface area contributed by atoms with Gasteiger partial charge in [0, 0.05) is 24.4 Å². The van der Waals surface area contributed by atoms with Crippen molar-refractivity contribution in [3.8, 4) is 17.1 Å². The monoisotopic (exact) mass is 327 g/mol. The molecule has 3 heterocycles. The summed E-state index contributed by atoms with van der Waals surface area (Å²) in [5, 5.41) is 8.50. The van der Waals surface area contributed by atoms with Crippen LogP contribution >= 0.6 is 0 Å². The SMILES string of the molecule is CCc1[nH]c(=O)ccc1-c1nc(CC(N)=O)nn1-c1cnn(C)c1. The molecule has 9 heteroatoms. The molecule has 3 N–H and O–H groups in total. The quantitative estimate of drug-likeness (QED) is 0.679. The Labute approximate surface area is 137 Å². The maximum Gasteiger partial charge on any atom is 0.248 e. The summed E-state index contributed by atoms with van der Waals surface area (Å²) in [6.07, 6.45) is 3.98. The Kier molecular flexibility index (Phi) is 3.98. The summed E-state index contributed by atoms with van der Waals surface area (Å²) < 4.78 is 3.24. The maximum atomic E-state index is 11.6. The first-order valence-electron chi connectivity index (χ1n) is 7.43. The number of carbonyl (C=O) groups is 1. The summed E-state index contributed by atoms with van der Waals surface area (Å²) in [4.78, 5) is 30.0. The first kappa shape index (κ1) is 15.7. The van der Waals surface area contributed by atoms with Crippen LogP contribution in [0.3, 0.4) is 0 Å². The predicted octanol–water partition coefficient (Wildman–Crippen LogP) is -0.0537. The highest BCUT2D eigenvalue weighted by molar-refractivity contribution is 5.76. The van der Waals surface area contributed by atoms with E-state index in [-0.39, 0.29) is 12.0 Å². The van der Waals surface area contributed by atoms with Crippen LogP contribution in [0, 0.1) is 0 Å². The number of primary amides is 1. The minimum atomic E-state index is -0.512. The zero-order valence-corrected chi connectivity index (χ0v) is 13.4. The Hall–Kier alpha value is -3.23. The van der Waals surface area contributed by atoms with Crippen LogP contribution in [0.25, 0.3) is 17.1 Å². The highest BCUT2D eigenvalue weighted by atomic mass is 16.1. The molecule has 3 aromatic heterocycles. The molecule has 3 aromatic rings. The topological polar surface area (TPSA) is 124 Å². The van der Waals surface area contributed by atoms with Crippen LogP contribution < -0.4 is 11.3 Å². The van der Waals surface area contributed by atoms with Gasteiger partial charge in [0.2, 0.25) is 11.5 Å². The first-order chi connectivity index (χ1) is 11.5. The average molecular weight is 327 g/mol. The number of aromatic amines is 1. The second kappa shape index (κ2) is 6.11. The van der Waals surface area contributed by atoms with Crippen LogP contribution in [-0.2, 0) is 24.7 Å². The molecular weight excluding hydrogens is 310 g/mol. The normalized spacial score (nSPS) is 10.9. The fourth-order valence-electron chi connectivity index (χ4n) is 2.46. The van der Waals surface area contributed by atoms with E-state index in [4.69, 9.17) is 5.73 Å². The third-order valence-electron chi connectivity index (χ3n) is 3.51. The summed E-state index contributed by atoms with van der Waals surface area (Å²) >= 11 is 0. The molecule has 0 fully saturated rings. The van der Waals surface area contributed by atoms with Gasteiger partial charge in [0.1, 0.15) is 5.69 Å². The third-order valence-corrected chi connectivity index (χ3v) is 3.51. The number of nitrogens with one attached hydrogen (secondary N) is 1. The minimum Gasteiger partial charge on any atom is -0.369 e. The van der Waals surface area contributed by atoms with Crippen molar-refractivity contribution in [2.75, 3.05) is 0 Å². The molecule has 0 aliphatic rings. The summed E-state index contributed by atoms with van der Waals surface area (Å²) in [5.41, 5.74) is 7.25. The predicted molar refractivity (Wildman–Crippen MR) is 86.5 cm³/mol. The van der Waals surface area contributed by atoms with Gasteiger partial charge >= 0.3 is 0 Å². The first-order valence-corrected chi connectivity index (χ1v) is 7.43. The van der Waals surface area contributed by atoms with Crippen molar-refractivity contribution in [1.29, 1.82) is 0 Å². The highest BCUT2D eigenvalue weighted by Crippen LogP contribution is 2.23. The van der Waals surface area contributed by atoms with Crippen molar-refractivity contribution in [3.63, 3.8) is 0 Å². The molecule has 3 rings (SSSR count). The van der Waals surface area contributed by atoms with Gasteiger partial charge in [0.15, 0.2) is 11.6 Å². The van der Waals surface area contributed by atoms with Crippen LogP contribution in [-0.4, -0.2) is 35.4 Å². The van der Waals surface area contributed by atoms with Gasteiger partial charge in [0.25, 0.3) is 0 Å². The van der Waals surface area contributed by atoms with Gasteiger partial charge in [-0.05, 0) is 12.5 Å². The van der Waals surface area contributed by atoms with E-state index in [1.54, 1.807) is 34.9 Å². The summed E-state index contributed by atoms with van der Waals surface area (Å²) in [6, 6.07) is 3.13. The lowest BCUT2D eigenvalue weighted by Crippen LogP contribution is -2.14. The van der Waals surface area contributed by atoms with E-state index < -0.39 is 5.91 Å². The average Bonchev–Trinajstić information content (AvgIpc) is 3.12. The Balaban J connectivity index is 2.20. The van der Waals surface area contributed by atoms with Crippen molar-refractivity contribution in [2.24, 2.45) is 12.8 Å². The lowest BCUT2D eigenvalue weighted by atomic mass is 10.1. The molecule has 0 unspecified atom stereocenters. The van der Waals surface area contributed by atoms with Gasteiger partial charge in [-0.3, -0.25) is 14.3 Å². The number of rotatable bonds is 5. The highest BCUT2D eigenvalue weighted by Gasteiger charge is 2.18. The van der Waals surface area contributed by atoms with Gasteiger partial charge in [-0.2, -0.15) is 10.2 Å². The second-order valence-electron chi connectivity index (χ2n) is 5.35. The number of hydrogen-bond acceptors (Lipinski definition) is 5. The number of hydrogen-bond donors (Lipinski definition) is 2. The molecule has 0 bridgehead atoms. The fraction of sp³-hybridized carbons (Fsp3) is 0.267. The minimum absolute atomic E-state index is 0.0644. The van der Waals surface area contributed by atoms with Crippen molar-refractivity contribution in [1.82, 2.24) is 29.5 Å². The zero-order chi connectivity index (χ0) is 17.3. The van der Waals surface area contributed by atoms with Crippen molar-refractivity contribution in [3.05, 3.63) is 46.4 Å². The molecule has 9 nitrogen and oxygen atoms in total. The molecule has 0 saturated heterocycles. The zero-order valence-electron chi connectivity index (χ0n) is 13.4. The van der Waals surface area contributed by atoms with Crippen LogP contribution in [0.4, 0.5) is 0 Å². The number of nitrogens with two attached hydrogens (primary N) is 1. The molecule has 0 spiro atoms. The lowest BCUT2D eigenvalue weighted by Gasteiger charge is -2.07. The van der Waals surface area contributed by atoms with Gasteiger partial charge in [-0.1, -0.05) is 6.92 Å². The Morgan fingerprint density at radius 2 is 2.17 bits per heavy atom. The van der Waals surface area contributed by atoms with Crippen LogP contribution in [0.5, 0.6) is 0 Å².